The van der Waals surface area contributed by atoms with Crippen molar-refractivity contribution in [3.63, 3.8) is 0 Å². The van der Waals surface area contributed by atoms with E-state index in [9.17, 15) is 22.8 Å². The second kappa shape index (κ2) is 7.60. The zero-order valence-electron chi connectivity index (χ0n) is 14.4. The average molecular weight is 391 g/mol. The maximum Gasteiger partial charge on any atom is 0.413 e. The minimum atomic E-state index is -4.47. The summed E-state index contributed by atoms with van der Waals surface area (Å²) in [6.45, 7) is 0.919. The molecular weight excluding hydrogens is 375 g/mol. The van der Waals surface area contributed by atoms with Crippen molar-refractivity contribution in [1.29, 1.82) is 0 Å². The number of hydrogen-bond acceptors (Lipinski definition) is 3. The van der Waals surface area contributed by atoms with Gasteiger partial charge in [0.05, 0.1) is 11.1 Å². The Balaban J connectivity index is 1.82. The van der Waals surface area contributed by atoms with Crippen molar-refractivity contribution in [3.05, 3.63) is 76.2 Å². The first-order chi connectivity index (χ1) is 12.8. The van der Waals surface area contributed by atoms with Gasteiger partial charge in [-0.2, -0.15) is 13.2 Å². The lowest BCUT2D eigenvalue weighted by molar-refractivity contribution is -0.0918. The molecule has 2 aromatic rings. The van der Waals surface area contributed by atoms with Crippen LogP contribution in [0.1, 0.15) is 34.1 Å². The molecule has 0 bridgehead atoms. The molecule has 3 nitrogen and oxygen atoms in total. The molecule has 0 saturated carbocycles. The fourth-order valence-electron chi connectivity index (χ4n) is 2.76. The molecule has 2 amide bonds. The zero-order valence-corrected chi connectivity index (χ0v) is 15.2. The molecule has 1 aliphatic heterocycles. The van der Waals surface area contributed by atoms with Crippen LogP contribution in [-0.4, -0.2) is 29.4 Å². The molecular formula is C20H16F3NO2S. The van der Waals surface area contributed by atoms with Gasteiger partial charge in [0.25, 0.3) is 11.8 Å². The van der Waals surface area contributed by atoms with Crippen LogP contribution in [0.2, 0.25) is 0 Å². The molecule has 0 radical (unpaired) electrons. The molecule has 27 heavy (non-hydrogen) atoms. The van der Waals surface area contributed by atoms with Crippen LogP contribution in [-0.2, 0) is 0 Å². The van der Waals surface area contributed by atoms with Gasteiger partial charge in [-0.1, -0.05) is 42.1 Å². The van der Waals surface area contributed by atoms with Crippen LogP contribution in [0.5, 0.6) is 0 Å². The zero-order chi connectivity index (χ0) is 19.6. The van der Waals surface area contributed by atoms with Crippen molar-refractivity contribution in [2.75, 3.05) is 6.54 Å². The maximum absolute atomic E-state index is 13.3. The van der Waals surface area contributed by atoms with Crippen LogP contribution in [0.3, 0.4) is 0 Å². The molecule has 0 aromatic heterocycles. The Hall–Kier alpha value is -2.54. The molecule has 1 aliphatic rings. The number of halogens is 3. The third kappa shape index (κ3) is 4.08. The van der Waals surface area contributed by atoms with Crippen molar-refractivity contribution in [2.24, 2.45) is 0 Å². The van der Waals surface area contributed by atoms with Crippen LogP contribution in [0.4, 0.5) is 13.2 Å². The van der Waals surface area contributed by atoms with E-state index in [2.05, 4.69) is 0 Å². The Labute approximate surface area is 158 Å². The van der Waals surface area contributed by atoms with Crippen molar-refractivity contribution in [2.45, 2.75) is 24.4 Å². The van der Waals surface area contributed by atoms with Gasteiger partial charge in [0.2, 0.25) is 0 Å². The number of allylic oxidation sites excluding steroid dienone is 1. The summed E-state index contributed by atoms with van der Waals surface area (Å²) >= 11 is 1.00. The first-order valence-corrected chi connectivity index (χ1v) is 9.05. The van der Waals surface area contributed by atoms with Crippen molar-refractivity contribution in [1.82, 2.24) is 4.90 Å². The third-order valence-corrected chi connectivity index (χ3v) is 5.53. The van der Waals surface area contributed by atoms with Gasteiger partial charge in [-0.25, -0.2) is 0 Å². The summed E-state index contributed by atoms with van der Waals surface area (Å²) in [6.07, 6.45) is -4.53. The molecule has 0 saturated heterocycles. The van der Waals surface area contributed by atoms with Gasteiger partial charge < -0.3 is 0 Å². The molecule has 0 fully saturated rings. The molecule has 7 heteroatoms. The van der Waals surface area contributed by atoms with Gasteiger partial charge in [-0.05, 0) is 42.5 Å². The van der Waals surface area contributed by atoms with Crippen molar-refractivity contribution in [3.8, 4) is 0 Å². The predicted octanol–water partition coefficient (Wildman–Crippen LogP) is 5.30. The van der Waals surface area contributed by atoms with E-state index in [1.54, 1.807) is 54.6 Å². The summed E-state index contributed by atoms with van der Waals surface area (Å²) in [5, 5.41) is 0. The number of hydrogen-bond donors (Lipinski definition) is 0. The molecule has 140 valence electrons. The number of fused-ring (bicyclic) bond motifs is 1. The quantitative estimate of drug-likeness (QED) is 0.513. The molecule has 2 aromatic carbocycles. The molecule has 3 rings (SSSR count). The molecule has 0 unspecified atom stereocenters. The van der Waals surface area contributed by atoms with Crippen LogP contribution in [0.15, 0.2) is 70.0 Å². The Morgan fingerprint density at radius 3 is 1.96 bits per heavy atom. The highest BCUT2D eigenvalue weighted by Gasteiger charge is 2.36. The smallest absolute Gasteiger partial charge is 0.274 e. The highest BCUT2D eigenvalue weighted by atomic mass is 32.2. The fourth-order valence-corrected chi connectivity index (χ4v) is 3.80. The van der Waals surface area contributed by atoms with E-state index in [1.807, 2.05) is 0 Å². The number of carbonyl (C=O) groups excluding carboxylic acids is 2. The van der Waals surface area contributed by atoms with Crippen LogP contribution in [0, 0.1) is 0 Å². The first kappa shape index (κ1) is 19.2. The van der Waals surface area contributed by atoms with Crippen molar-refractivity contribution < 1.29 is 22.8 Å². The van der Waals surface area contributed by atoms with Crippen LogP contribution in [0.25, 0.3) is 0 Å². The lowest BCUT2D eigenvalue weighted by Crippen LogP contribution is -2.31. The van der Waals surface area contributed by atoms with Gasteiger partial charge in [0.15, 0.2) is 0 Å². The third-order valence-electron chi connectivity index (χ3n) is 4.27. The summed E-state index contributed by atoms with van der Waals surface area (Å²) in [5.41, 5.74) is -0.138. The van der Waals surface area contributed by atoms with Crippen LogP contribution >= 0.6 is 11.8 Å². The number of imide groups is 1. The number of alkyl halides is 3. The lowest BCUT2D eigenvalue weighted by Gasteiger charge is -2.18. The summed E-state index contributed by atoms with van der Waals surface area (Å²) in [7, 11) is 0. The summed E-state index contributed by atoms with van der Waals surface area (Å²) in [5.74, 6) is -0.936. The largest absolute Gasteiger partial charge is 0.413 e. The van der Waals surface area contributed by atoms with E-state index in [0.29, 0.717) is 4.90 Å². The minimum absolute atomic E-state index is 0.0592. The first-order valence-electron chi connectivity index (χ1n) is 8.24. The second-order valence-corrected chi connectivity index (χ2v) is 7.19. The topological polar surface area (TPSA) is 37.4 Å². The van der Waals surface area contributed by atoms with E-state index in [4.69, 9.17) is 0 Å². The Kier molecular flexibility index (Phi) is 5.41. The molecule has 0 aliphatic carbocycles. The van der Waals surface area contributed by atoms with Crippen LogP contribution < -0.4 is 0 Å². The van der Waals surface area contributed by atoms with E-state index < -0.39 is 23.6 Å². The van der Waals surface area contributed by atoms with E-state index in [0.717, 1.165) is 23.6 Å². The number of benzene rings is 2. The standard InChI is InChI=1S/C20H16F3NO2S/c1-13(20(21,22)23)17(27-14-7-3-2-4-8-14)11-12-24-18(25)15-9-5-6-10-16(15)19(24)26/h2-10H,11-12H2,1H3/b17-13-. The number of nitrogens with zero attached hydrogens (tertiary/aromatic N) is 1. The van der Waals surface area contributed by atoms with Gasteiger partial charge in [0.1, 0.15) is 0 Å². The number of rotatable bonds is 5. The molecule has 1 heterocycles. The predicted molar refractivity (Wildman–Crippen MR) is 97.5 cm³/mol. The fraction of sp³-hybridized carbons (Fsp3) is 0.200. The number of thioether (sulfide) groups is 1. The lowest BCUT2D eigenvalue weighted by atomic mass is 10.1. The second-order valence-electron chi connectivity index (χ2n) is 6.02. The average Bonchev–Trinajstić information content (AvgIpc) is 2.89. The summed E-state index contributed by atoms with van der Waals surface area (Å²) in [4.78, 5) is 26.6. The highest BCUT2D eigenvalue weighted by Crippen LogP contribution is 2.38. The maximum atomic E-state index is 13.3. The molecule has 0 N–H and O–H groups in total. The van der Waals surface area contributed by atoms with E-state index >= 15 is 0 Å². The van der Waals surface area contributed by atoms with Crippen molar-refractivity contribution >= 4 is 23.6 Å². The van der Waals surface area contributed by atoms with E-state index in [-0.39, 0.29) is 29.0 Å². The van der Waals surface area contributed by atoms with Gasteiger partial charge in [-0.3, -0.25) is 14.5 Å². The number of amides is 2. The Morgan fingerprint density at radius 1 is 0.926 bits per heavy atom. The highest BCUT2D eigenvalue weighted by molar-refractivity contribution is 8.03. The minimum Gasteiger partial charge on any atom is -0.274 e. The summed E-state index contributed by atoms with van der Waals surface area (Å²) < 4.78 is 39.8. The number of carbonyl (C=O) groups is 2. The normalized spacial score (nSPS) is 15.0. The SMILES string of the molecule is C/C(=C(\CCN1C(=O)c2ccccc2C1=O)Sc1ccccc1)C(F)(F)F. The Morgan fingerprint density at radius 2 is 1.44 bits per heavy atom. The van der Waals surface area contributed by atoms with E-state index in [1.165, 1.54) is 0 Å². The van der Waals surface area contributed by atoms with Gasteiger partial charge in [0, 0.05) is 17.0 Å². The monoisotopic (exact) mass is 391 g/mol. The molecule has 0 atom stereocenters. The Bertz CT molecular complexity index is 872. The van der Waals surface area contributed by atoms with Gasteiger partial charge in [-0.15, -0.1) is 0 Å². The van der Waals surface area contributed by atoms with Gasteiger partial charge >= 0.3 is 6.18 Å². The summed E-state index contributed by atoms with van der Waals surface area (Å²) in [6, 6.07) is 15.1. The molecule has 0 spiro atoms.